The van der Waals surface area contributed by atoms with E-state index < -0.39 is 23.5 Å². The highest BCUT2D eigenvalue weighted by atomic mass is 32.2. The first-order valence-corrected chi connectivity index (χ1v) is 10.7. The molecule has 0 bridgehead atoms. The number of carbonyl (C=O) groups is 3. The van der Waals surface area contributed by atoms with Crippen molar-refractivity contribution in [2.75, 3.05) is 25.1 Å². The van der Waals surface area contributed by atoms with E-state index in [4.69, 9.17) is 9.47 Å². The first-order chi connectivity index (χ1) is 14.6. The van der Waals surface area contributed by atoms with Crippen LogP contribution in [0, 0.1) is 6.92 Å². The molecule has 1 heterocycles. The molecular weight excluding hydrogens is 416 g/mol. The number of hydrogen-bond acceptors (Lipinski definition) is 6. The van der Waals surface area contributed by atoms with E-state index in [0.717, 1.165) is 30.9 Å². The van der Waals surface area contributed by atoms with E-state index >= 15 is 0 Å². The molecule has 8 heteroatoms. The molecule has 1 saturated heterocycles. The fourth-order valence-electron chi connectivity index (χ4n) is 3.05. The Hall–Kier alpha value is -3.00. The number of anilines is 1. The van der Waals surface area contributed by atoms with Crippen molar-refractivity contribution < 1.29 is 23.9 Å². The zero-order chi connectivity index (χ0) is 22.8. The summed E-state index contributed by atoms with van der Waals surface area (Å²) in [6, 6.07) is 13.1. The molecule has 164 valence electrons. The van der Waals surface area contributed by atoms with Gasteiger partial charge in [-0.25, -0.2) is 9.69 Å². The van der Waals surface area contributed by atoms with Crippen LogP contribution in [0.4, 0.5) is 10.5 Å². The average molecular weight is 443 g/mol. The molecule has 0 saturated carbocycles. The zero-order valence-corrected chi connectivity index (χ0v) is 19.1. The number of carbonyl (C=O) groups excluding carboxylic acids is 3. The van der Waals surface area contributed by atoms with E-state index in [1.165, 1.54) is 11.8 Å². The SMILES string of the molecule is COc1ccc(Sc2cc(C)ccc2N2C(=O)CN(C(=O)OC(C)(C)C)CC2=O)cc1. The number of benzene rings is 2. The van der Waals surface area contributed by atoms with E-state index in [2.05, 4.69) is 0 Å². The number of hydrogen-bond donors (Lipinski definition) is 0. The summed E-state index contributed by atoms with van der Waals surface area (Å²) in [5.74, 6) is -0.192. The first-order valence-electron chi connectivity index (χ1n) is 9.83. The summed E-state index contributed by atoms with van der Waals surface area (Å²) >= 11 is 1.45. The van der Waals surface area contributed by atoms with Crippen LogP contribution in [0.2, 0.25) is 0 Å². The van der Waals surface area contributed by atoms with Crippen LogP contribution in [0.25, 0.3) is 0 Å². The van der Waals surface area contributed by atoms with Crippen LogP contribution < -0.4 is 9.64 Å². The van der Waals surface area contributed by atoms with Gasteiger partial charge in [0.1, 0.15) is 24.4 Å². The van der Waals surface area contributed by atoms with Gasteiger partial charge >= 0.3 is 6.09 Å². The molecule has 3 amide bonds. The summed E-state index contributed by atoms with van der Waals surface area (Å²) in [6.07, 6.45) is -0.675. The Kier molecular flexibility index (Phi) is 6.59. The van der Waals surface area contributed by atoms with Crippen molar-refractivity contribution in [3.05, 3.63) is 48.0 Å². The molecule has 3 rings (SSSR count). The number of imide groups is 1. The number of nitrogens with zero attached hydrogens (tertiary/aromatic N) is 2. The van der Waals surface area contributed by atoms with Gasteiger partial charge in [0.2, 0.25) is 0 Å². The molecule has 31 heavy (non-hydrogen) atoms. The maximum atomic E-state index is 12.9. The Balaban J connectivity index is 1.84. The molecule has 0 aliphatic carbocycles. The third kappa shape index (κ3) is 5.58. The minimum Gasteiger partial charge on any atom is -0.497 e. The van der Waals surface area contributed by atoms with E-state index in [1.807, 2.05) is 43.3 Å². The van der Waals surface area contributed by atoms with Crippen LogP contribution in [0.15, 0.2) is 52.3 Å². The van der Waals surface area contributed by atoms with Crippen LogP contribution in [-0.4, -0.2) is 48.6 Å². The predicted octanol–water partition coefficient (Wildman–Crippen LogP) is 4.27. The normalized spacial score (nSPS) is 14.6. The van der Waals surface area contributed by atoms with Crippen LogP contribution in [-0.2, 0) is 14.3 Å². The molecule has 0 aromatic heterocycles. The largest absolute Gasteiger partial charge is 0.497 e. The first kappa shape index (κ1) is 22.7. The van der Waals surface area contributed by atoms with Crippen LogP contribution in [0.3, 0.4) is 0 Å². The number of methoxy groups -OCH3 is 1. The number of amides is 3. The molecule has 2 aromatic carbocycles. The number of aryl methyl sites for hydroxylation is 1. The third-order valence-corrected chi connectivity index (χ3v) is 5.50. The lowest BCUT2D eigenvalue weighted by Crippen LogP contribution is -2.56. The Morgan fingerprint density at radius 3 is 2.16 bits per heavy atom. The second kappa shape index (κ2) is 9.01. The number of piperazine rings is 1. The Morgan fingerprint density at radius 2 is 1.61 bits per heavy atom. The van der Waals surface area contributed by atoms with Crippen LogP contribution in [0.1, 0.15) is 26.3 Å². The maximum Gasteiger partial charge on any atom is 0.411 e. The van der Waals surface area contributed by atoms with Gasteiger partial charge in [0.15, 0.2) is 0 Å². The predicted molar refractivity (Wildman–Crippen MR) is 119 cm³/mol. The van der Waals surface area contributed by atoms with Gasteiger partial charge in [-0.2, -0.15) is 0 Å². The highest BCUT2D eigenvalue weighted by molar-refractivity contribution is 7.99. The second-order valence-corrected chi connectivity index (χ2v) is 9.32. The Morgan fingerprint density at radius 1 is 1.00 bits per heavy atom. The van der Waals surface area contributed by atoms with Crippen molar-refractivity contribution in [1.29, 1.82) is 0 Å². The van der Waals surface area contributed by atoms with Gasteiger partial charge in [0.25, 0.3) is 11.8 Å². The fraction of sp³-hybridized carbons (Fsp3) is 0.348. The second-order valence-electron chi connectivity index (χ2n) is 8.21. The molecular formula is C23H26N2O5S. The molecule has 0 spiro atoms. The summed E-state index contributed by atoms with van der Waals surface area (Å²) in [4.78, 5) is 42.1. The topological polar surface area (TPSA) is 76.2 Å². The minimum absolute atomic E-state index is 0.221. The van der Waals surface area contributed by atoms with Gasteiger partial charge in [-0.1, -0.05) is 17.8 Å². The summed E-state index contributed by atoms with van der Waals surface area (Å²) < 4.78 is 10.5. The van der Waals surface area contributed by atoms with Gasteiger partial charge in [-0.3, -0.25) is 14.5 Å². The molecule has 7 nitrogen and oxygen atoms in total. The molecule has 1 aliphatic heterocycles. The van der Waals surface area contributed by atoms with E-state index in [9.17, 15) is 14.4 Å². The highest BCUT2D eigenvalue weighted by Crippen LogP contribution is 2.37. The Bertz CT molecular complexity index is 980. The van der Waals surface area contributed by atoms with Gasteiger partial charge in [0.05, 0.1) is 12.8 Å². The van der Waals surface area contributed by atoms with Crippen molar-refractivity contribution in [1.82, 2.24) is 4.90 Å². The lowest BCUT2D eigenvalue weighted by atomic mass is 10.2. The number of rotatable bonds is 4. The summed E-state index contributed by atoms with van der Waals surface area (Å²) in [7, 11) is 1.61. The standard InChI is InChI=1S/C23H26N2O5S/c1-15-6-11-18(19(12-15)31-17-9-7-16(29-5)8-10-17)25-20(26)13-24(14-21(25)27)22(28)30-23(2,3)4/h6-12H,13-14H2,1-5H3. The van der Waals surface area contributed by atoms with Crippen molar-refractivity contribution in [2.45, 2.75) is 43.1 Å². The van der Waals surface area contributed by atoms with Gasteiger partial charge in [-0.15, -0.1) is 0 Å². The number of ether oxygens (including phenoxy) is 2. The molecule has 2 aromatic rings. The van der Waals surface area contributed by atoms with E-state index in [1.54, 1.807) is 33.9 Å². The summed E-state index contributed by atoms with van der Waals surface area (Å²) in [6.45, 7) is 6.72. The molecule has 0 radical (unpaired) electrons. The van der Waals surface area contributed by atoms with E-state index in [-0.39, 0.29) is 13.1 Å². The Labute approximate surface area is 186 Å². The highest BCUT2D eigenvalue weighted by Gasteiger charge is 2.37. The van der Waals surface area contributed by atoms with Crippen molar-refractivity contribution in [2.24, 2.45) is 0 Å². The van der Waals surface area contributed by atoms with Crippen molar-refractivity contribution in [3.8, 4) is 5.75 Å². The third-order valence-electron chi connectivity index (χ3n) is 4.45. The zero-order valence-electron chi connectivity index (χ0n) is 18.3. The fourth-order valence-corrected chi connectivity index (χ4v) is 4.08. The van der Waals surface area contributed by atoms with Gasteiger partial charge in [-0.05, 0) is 69.7 Å². The van der Waals surface area contributed by atoms with Gasteiger partial charge in [0, 0.05) is 9.79 Å². The lowest BCUT2D eigenvalue weighted by Gasteiger charge is -2.34. The average Bonchev–Trinajstić information content (AvgIpc) is 2.68. The molecule has 1 fully saturated rings. The smallest absolute Gasteiger partial charge is 0.411 e. The summed E-state index contributed by atoms with van der Waals surface area (Å²) in [5.41, 5.74) is 0.803. The van der Waals surface area contributed by atoms with Crippen molar-refractivity contribution in [3.63, 3.8) is 0 Å². The minimum atomic E-state index is -0.709. The molecule has 0 N–H and O–H groups in total. The van der Waals surface area contributed by atoms with Crippen molar-refractivity contribution >= 4 is 35.4 Å². The van der Waals surface area contributed by atoms with Crippen LogP contribution in [0.5, 0.6) is 5.75 Å². The van der Waals surface area contributed by atoms with E-state index in [0.29, 0.717) is 5.69 Å². The quantitative estimate of drug-likeness (QED) is 0.659. The molecule has 0 atom stereocenters. The maximum absolute atomic E-state index is 12.9. The summed E-state index contributed by atoms with van der Waals surface area (Å²) in [5, 5.41) is 0. The molecule has 1 aliphatic rings. The lowest BCUT2D eigenvalue weighted by molar-refractivity contribution is -0.131. The van der Waals surface area contributed by atoms with Gasteiger partial charge < -0.3 is 9.47 Å². The molecule has 0 unspecified atom stereocenters. The monoisotopic (exact) mass is 442 g/mol. The van der Waals surface area contributed by atoms with Crippen LogP contribution >= 0.6 is 11.8 Å².